The Morgan fingerprint density at radius 3 is 3.06 bits per heavy atom. The number of hydrogen-bond acceptors (Lipinski definition) is 5. The van der Waals surface area contributed by atoms with Crippen molar-refractivity contribution in [2.24, 2.45) is 12.8 Å². The van der Waals surface area contributed by atoms with Crippen LogP contribution in [-0.2, 0) is 19.3 Å². The molecule has 84 valence electrons. The number of aryl methyl sites for hydroxylation is 1. The third kappa shape index (κ3) is 2.40. The van der Waals surface area contributed by atoms with Gasteiger partial charge in [0.15, 0.2) is 5.16 Å². The zero-order valence-corrected chi connectivity index (χ0v) is 9.81. The molecule has 0 fully saturated rings. The Labute approximate surface area is 98.1 Å². The first-order valence-electron chi connectivity index (χ1n) is 4.91. The highest BCUT2D eigenvalue weighted by Gasteiger charge is 2.05. The van der Waals surface area contributed by atoms with Crippen molar-refractivity contribution >= 4 is 11.8 Å². The summed E-state index contributed by atoms with van der Waals surface area (Å²) in [6, 6.07) is 3.96. The van der Waals surface area contributed by atoms with Crippen molar-refractivity contribution in [3.05, 3.63) is 35.9 Å². The monoisotopic (exact) mass is 235 g/mol. The second kappa shape index (κ2) is 5.09. The van der Waals surface area contributed by atoms with Crippen LogP contribution in [0.1, 0.15) is 11.3 Å². The van der Waals surface area contributed by atoms with Crippen LogP contribution in [0.3, 0.4) is 0 Å². The van der Waals surface area contributed by atoms with Crippen molar-refractivity contribution in [1.82, 2.24) is 19.7 Å². The van der Waals surface area contributed by atoms with Gasteiger partial charge in [0.05, 0.1) is 5.69 Å². The molecule has 16 heavy (non-hydrogen) atoms. The molecule has 2 rings (SSSR count). The predicted molar refractivity (Wildman–Crippen MR) is 62.7 cm³/mol. The van der Waals surface area contributed by atoms with Gasteiger partial charge >= 0.3 is 0 Å². The number of pyridine rings is 1. The zero-order valence-electron chi connectivity index (χ0n) is 9.00. The van der Waals surface area contributed by atoms with Crippen molar-refractivity contribution in [3.8, 4) is 0 Å². The summed E-state index contributed by atoms with van der Waals surface area (Å²) in [6.45, 7) is 0.468. The SMILES string of the molecule is Cn1cnnc1SCc1cccnc1CN. The second-order valence-corrected chi connectivity index (χ2v) is 4.27. The van der Waals surface area contributed by atoms with E-state index in [1.54, 1.807) is 24.3 Å². The van der Waals surface area contributed by atoms with E-state index in [4.69, 9.17) is 5.73 Å². The summed E-state index contributed by atoms with van der Waals surface area (Å²) < 4.78 is 1.89. The van der Waals surface area contributed by atoms with Gasteiger partial charge in [-0.3, -0.25) is 4.98 Å². The predicted octanol–water partition coefficient (Wildman–Crippen LogP) is 0.961. The van der Waals surface area contributed by atoms with Crippen molar-refractivity contribution in [3.63, 3.8) is 0 Å². The van der Waals surface area contributed by atoms with Crippen molar-refractivity contribution in [2.45, 2.75) is 17.5 Å². The van der Waals surface area contributed by atoms with E-state index in [-0.39, 0.29) is 0 Å². The number of rotatable bonds is 4. The van der Waals surface area contributed by atoms with Crippen molar-refractivity contribution in [1.29, 1.82) is 0 Å². The van der Waals surface area contributed by atoms with Gasteiger partial charge in [0.25, 0.3) is 0 Å². The minimum Gasteiger partial charge on any atom is -0.325 e. The molecule has 0 atom stereocenters. The fourth-order valence-corrected chi connectivity index (χ4v) is 2.24. The van der Waals surface area contributed by atoms with Crippen LogP contribution in [0.5, 0.6) is 0 Å². The third-order valence-electron chi connectivity index (χ3n) is 2.20. The van der Waals surface area contributed by atoms with Gasteiger partial charge in [-0.2, -0.15) is 0 Å². The number of nitrogens with two attached hydrogens (primary N) is 1. The highest BCUT2D eigenvalue weighted by molar-refractivity contribution is 7.98. The normalized spacial score (nSPS) is 10.6. The van der Waals surface area contributed by atoms with Gasteiger partial charge in [0, 0.05) is 25.5 Å². The van der Waals surface area contributed by atoms with E-state index in [0.29, 0.717) is 6.54 Å². The molecule has 6 heteroatoms. The Hall–Kier alpha value is -1.40. The molecule has 0 saturated heterocycles. The summed E-state index contributed by atoms with van der Waals surface area (Å²) in [5.74, 6) is 0.812. The molecule has 0 aliphatic carbocycles. The maximum Gasteiger partial charge on any atom is 0.191 e. The molecule has 5 nitrogen and oxygen atoms in total. The van der Waals surface area contributed by atoms with E-state index >= 15 is 0 Å². The topological polar surface area (TPSA) is 69.6 Å². The summed E-state index contributed by atoms with van der Waals surface area (Å²) in [4.78, 5) is 4.24. The first kappa shape index (κ1) is 11.1. The van der Waals surface area contributed by atoms with Gasteiger partial charge in [-0.1, -0.05) is 17.8 Å². The van der Waals surface area contributed by atoms with Crippen LogP contribution in [0.2, 0.25) is 0 Å². The van der Waals surface area contributed by atoms with E-state index in [1.807, 2.05) is 23.7 Å². The number of thioether (sulfide) groups is 1. The summed E-state index contributed by atoms with van der Waals surface area (Å²) >= 11 is 1.63. The largest absolute Gasteiger partial charge is 0.325 e. The maximum absolute atomic E-state index is 5.62. The molecule has 0 aliphatic heterocycles. The Morgan fingerprint density at radius 2 is 2.38 bits per heavy atom. The Kier molecular flexibility index (Phi) is 3.53. The van der Waals surface area contributed by atoms with E-state index in [1.165, 1.54) is 0 Å². The van der Waals surface area contributed by atoms with Gasteiger partial charge in [0.1, 0.15) is 6.33 Å². The number of aromatic nitrogens is 4. The summed E-state index contributed by atoms with van der Waals surface area (Å²) in [5.41, 5.74) is 7.72. The van der Waals surface area contributed by atoms with Crippen LogP contribution >= 0.6 is 11.8 Å². The van der Waals surface area contributed by atoms with E-state index in [2.05, 4.69) is 15.2 Å². The maximum atomic E-state index is 5.62. The first-order valence-corrected chi connectivity index (χ1v) is 5.89. The van der Waals surface area contributed by atoms with Crippen LogP contribution in [0.25, 0.3) is 0 Å². The average molecular weight is 235 g/mol. The van der Waals surface area contributed by atoms with Crippen LogP contribution in [0.15, 0.2) is 29.8 Å². The van der Waals surface area contributed by atoms with Gasteiger partial charge in [-0.05, 0) is 11.6 Å². The Bertz CT molecular complexity index is 468. The fraction of sp³-hybridized carbons (Fsp3) is 0.300. The molecule has 2 aromatic heterocycles. The summed E-state index contributed by atoms with van der Waals surface area (Å²) in [7, 11) is 1.93. The van der Waals surface area contributed by atoms with Crippen molar-refractivity contribution in [2.75, 3.05) is 0 Å². The molecule has 0 aromatic carbocycles. The average Bonchev–Trinajstić information content (AvgIpc) is 2.72. The van der Waals surface area contributed by atoms with Crippen LogP contribution in [-0.4, -0.2) is 19.7 Å². The summed E-state index contributed by atoms with van der Waals surface area (Å²) in [5, 5.41) is 8.73. The van der Waals surface area contributed by atoms with E-state index in [0.717, 1.165) is 22.2 Å². The lowest BCUT2D eigenvalue weighted by Crippen LogP contribution is -2.03. The molecule has 2 N–H and O–H groups in total. The van der Waals surface area contributed by atoms with Gasteiger partial charge in [-0.25, -0.2) is 0 Å². The van der Waals surface area contributed by atoms with Gasteiger partial charge < -0.3 is 10.3 Å². The molecule has 0 amide bonds. The van der Waals surface area contributed by atoms with Crippen LogP contribution in [0.4, 0.5) is 0 Å². The summed E-state index contributed by atoms with van der Waals surface area (Å²) in [6.07, 6.45) is 3.45. The van der Waals surface area contributed by atoms with E-state index < -0.39 is 0 Å². The van der Waals surface area contributed by atoms with Crippen molar-refractivity contribution < 1.29 is 0 Å². The molecule has 0 bridgehead atoms. The highest BCUT2D eigenvalue weighted by Crippen LogP contribution is 2.20. The standard InChI is InChI=1S/C10H13N5S/c1-15-7-13-14-10(15)16-6-8-3-2-4-12-9(8)5-11/h2-4,7H,5-6,11H2,1H3. The third-order valence-corrected chi connectivity index (χ3v) is 3.29. The lowest BCUT2D eigenvalue weighted by molar-refractivity contribution is 0.788. The minimum atomic E-state index is 0.468. The number of hydrogen-bond donors (Lipinski definition) is 1. The second-order valence-electron chi connectivity index (χ2n) is 3.33. The smallest absolute Gasteiger partial charge is 0.191 e. The zero-order chi connectivity index (χ0) is 11.4. The van der Waals surface area contributed by atoms with Crippen LogP contribution in [0, 0.1) is 0 Å². The Morgan fingerprint density at radius 1 is 1.50 bits per heavy atom. The van der Waals surface area contributed by atoms with Gasteiger partial charge in [-0.15, -0.1) is 10.2 Å². The molecule has 2 heterocycles. The molecule has 0 radical (unpaired) electrons. The molecular weight excluding hydrogens is 222 g/mol. The molecular formula is C10H13N5S. The lowest BCUT2D eigenvalue weighted by Gasteiger charge is -2.05. The van der Waals surface area contributed by atoms with Crippen LogP contribution < -0.4 is 5.73 Å². The molecule has 0 spiro atoms. The molecule has 0 unspecified atom stereocenters. The van der Waals surface area contributed by atoms with Gasteiger partial charge in [0.2, 0.25) is 0 Å². The number of nitrogens with zero attached hydrogens (tertiary/aromatic N) is 4. The minimum absolute atomic E-state index is 0.468. The Balaban J connectivity index is 2.07. The molecule has 0 aliphatic rings. The quantitative estimate of drug-likeness (QED) is 0.799. The fourth-order valence-electron chi connectivity index (χ4n) is 1.33. The first-order chi connectivity index (χ1) is 7.81. The van der Waals surface area contributed by atoms with E-state index in [9.17, 15) is 0 Å². The molecule has 2 aromatic rings. The highest BCUT2D eigenvalue weighted by atomic mass is 32.2. The lowest BCUT2D eigenvalue weighted by atomic mass is 10.2. The molecule has 0 saturated carbocycles.